The van der Waals surface area contributed by atoms with Crippen molar-refractivity contribution in [1.29, 1.82) is 0 Å². The Morgan fingerprint density at radius 3 is 2.59 bits per heavy atom. The second-order valence-corrected chi connectivity index (χ2v) is 9.37. The maximum Gasteiger partial charge on any atom is 0.307 e. The summed E-state index contributed by atoms with van der Waals surface area (Å²) < 4.78 is 18.9. The average molecular weight is 607 g/mol. The summed E-state index contributed by atoms with van der Waals surface area (Å²) in [6.07, 6.45) is 1.52. The lowest BCUT2D eigenvalue weighted by atomic mass is 10.2. The largest absolute Gasteiger partial charge is 0.490 e. The van der Waals surface area contributed by atoms with E-state index < -0.39 is 5.91 Å². The molecule has 1 N–H and O–H groups in total. The fourth-order valence-electron chi connectivity index (χ4n) is 3.11. The minimum Gasteiger partial charge on any atom is -0.490 e. The Bertz CT molecular complexity index is 1350. The molecule has 6 nitrogen and oxygen atoms in total. The first-order valence-electron chi connectivity index (χ1n) is 10.3. The lowest BCUT2D eigenvalue weighted by Gasteiger charge is -2.14. The molecule has 3 aromatic carbocycles. The summed E-state index contributed by atoms with van der Waals surface area (Å²) in [5, 5.41) is 5.56. The van der Waals surface area contributed by atoms with Gasteiger partial charge in [-0.15, -0.1) is 0 Å². The van der Waals surface area contributed by atoms with E-state index in [0.717, 1.165) is 19.9 Å². The number of fused-ring (bicyclic) bond motifs is 1. The van der Waals surface area contributed by atoms with Gasteiger partial charge in [0.05, 0.1) is 12.8 Å². The highest BCUT2D eigenvalue weighted by Gasteiger charge is 2.13. The molecule has 0 saturated heterocycles. The number of nitrogens with zero attached hydrogens (tertiary/aromatic N) is 1. The van der Waals surface area contributed by atoms with Crippen LogP contribution in [0.2, 0.25) is 5.02 Å². The molecule has 0 fully saturated rings. The maximum atomic E-state index is 12.4. The Kier molecular flexibility index (Phi) is 7.92. The van der Waals surface area contributed by atoms with Crippen molar-refractivity contribution in [1.82, 2.24) is 5.43 Å². The molecule has 4 rings (SSSR count). The van der Waals surface area contributed by atoms with E-state index in [1.165, 1.54) is 6.21 Å². The zero-order chi connectivity index (χ0) is 24.1. The van der Waals surface area contributed by atoms with E-state index in [1.54, 1.807) is 24.3 Å². The minimum absolute atomic E-state index is 0.172. The lowest BCUT2D eigenvalue weighted by molar-refractivity contribution is 0.0929. The zero-order valence-electron chi connectivity index (χ0n) is 18.0. The van der Waals surface area contributed by atoms with Gasteiger partial charge in [0.25, 0.3) is 0 Å². The summed E-state index contributed by atoms with van der Waals surface area (Å²) in [7, 11) is 0. The van der Waals surface area contributed by atoms with Crippen LogP contribution in [0.5, 0.6) is 11.5 Å². The van der Waals surface area contributed by atoms with Gasteiger partial charge in [-0.3, -0.25) is 4.79 Å². The number of hydrogen-bond acceptors (Lipinski definition) is 5. The van der Waals surface area contributed by atoms with Gasteiger partial charge in [-0.25, -0.2) is 5.43 Å². The van der Waals surface area contributed by atoms with E-state index in [-0.39, 0.29) is 5.76 Å². The van der Waals surface area contributed by atoms with Crippen LogP contribution in [0, 0.1) is 0 Å². The third kappa shape index (κ3) is 6.00. The van der Waals surface area contributed by atoms with Crippen LogP contribution in [0.25, 0.3) is 11.0 Å². The third-order valence-electron chi connectivity index (χ3n) is 4.74. The first kappa shape index (κ1) is 24.3. The first-order chi connectivity index (χ1) is 16.4. The molecular formula is C25H19Br2ClN2O4. The number of carbonyl (C=O) groups excluding carboxylic acids is 1. The second kappa shape index (κ2) is 11.1. The molecule has 0 aliphatic rings. The normalized spacial score (nSPS) is 11.2. The molecule has 1 heterocycles. The summed E-state index contributed by atoms with van der Waals surface area (Å²) in [5.74, 6) is 0.867. The van der Waals surface area contributed by atoms with E-state index in [4.69, 9.17) is 25.5 Å². The molecule has 0 unspecified atom stereocenters. The molecule has 174 valence electrons. The number of halogens is 3. The van der Waals surface area contributed by atoms with Gasteiger partial charge in [-0.2, -0.15) is 5.10 Å². The van der Waals surface area contributed by atoms with E-state index in [9.17, 15) is 4.79 Å². The van der Waals surface area contributed by atoms with Crippen molar-refractivity contribution in [3.8, 4) is 11.5 Å². The van der Waals surface area contributed by atoms with Gasteiger partial charge in [-0.1, -0.05) is 39.7 Å². The van der Waals surface area contributed by atoms with Crippen LogP contribution in [0.1, 0.15) is 28.6 Å². The number of carbonyl (C=O) groups is 1. The van der Waals surface area contributed by atoms with E-state index in [1.807, 2.05) is 43.3 Å². The molecule has 0 bridgehead atoms. The van der Waals surface area contributed by atoms with Gasteiger partial charge >= 0.3 is 5.91 Å². The van der Waals surface area contributed by atoms with Crippen molar-refractivity contribution in [2.24, 2.45) is 5.10 Å². The Morgan fingerprint density at radius 1 is 1.06 bits per heavy atom. The summed E-state index contributed by atoms with van der Waals surface area (Å²) in [6, 6.07) is 18.2. The molecular weight excluding hydrogens is 588 g/mol. The number of nitrogens with one attached hydrogen (secondary N) is 1. The highest BCUT2D eigenvalue weighted by Crippen LogP contribution is 2.34. The van der Waals surface area contributed by atoms with Crippen LogP contribution in [-0.4, -0.2) is 18.7 Å². The molecule has 9 heteroatoms. The van der Waals surface area contributed by atoms with Crippen LogP contribution in [0.4, 0.5) is 0 Å². The lowest BCUT2D eigenvalue weighted by Crippen LogP contribution is -2.16. The summed E-state index contributed by atoms with van der Waals surface area (Å²) in [5.41, 5.74) is 4.80. The number of hydrogen-bond donors (Lipinski definition) is 1. The molecule has 0 radical (unpaired) electrons. The third-order valence-corrected chi connectivity index (χ3v) is 6.17. The Balaban J connectivity index is 1.46. The van der Waals surface area contributed by atoms with Crippen LogP contribution in [-0.2, 0) is 6.61 Å². The standard InChI is InChI=1S/C25H19Br2ClN2O4/c1-2-32-22-11-17(20(27)12-23(22)33-14-15-3-6-19(28)7-4-15)13-29-30-25(31)24-10-16-9-18(26)5-8-21(16)34-24/h3-13H,2,14H2,1H3,(H,30,31)/b29-13+. The first-order valence-corrected chi connectivity index (χ1v) is 12.3. The number of furan rings is 1. The SMILES string of the molecule is CCOc1cc(/C=N/NC(=O)c2cc3cc(Br)ccc3o2)c(Br)cc1OCc1ccc(Cl)cc1. The van der Waals surface area contributed by atoms with Crippen molar-refractivity contribution < 1.29 is 18.7 Å². The minimum atomic E-state index is -0.451. The highest BCUT2D eigenvalue weighted by molar-refractivity contribution is 9.10. The molecule has 0 spiro atoms. The molecule has 0 aliphatic heterocycles. The summed E-state index contributed by atoms with van der Waals surface area (Å²) in [4.78, 5) is 12.4. The highest BCUT2D eigenvalue weighted by atomic mass is 79.9. The molecule has 0 aliphatic carbocycles. The maximum absolute atomic E-state index is 12.4. The number of benzene rings is 3. The molecule has 1 amide bonds. The average Bonchev–Trinajstić information content (AvgIpc) is 3.24. The molecule has 0 atom stereocenters. The predicted octanol–water partition coefficient (Wildman–Crippen LogP) is 7.35. The topological polar surface area (TPSA) is 73.1 Å². The van der Waals surface area contributed by atoms with Gasteiger partial charge in [-0.05, 0) is 76.9 Å². The van der Waals surface area contributed by atoms with E-state index >= 15 is 0 Å². The molecule has 34 heavy (non-hydrogen) atoms. The summed E-state index contributed by atoms with van der Waals surface area (Å²) in [6.45, 7) is 2.72. The quantitative estimate of drug-likeness (QED) is 0.168. The smallest absolute Gasteiger partial charge is 0.307 e. The number of hydrazone groups is 1. The van der Waals surface area contributed by atoms with E-state index in [2.05, 4.69) is 42.4 Å². The van der Waals surface area contributed by atoms with Crippen molar-refractivity contribution in [3.63, 3.8) is 0 Å². The fraction of sp³-hybridized carbons (Fsp3) is 0.120. The van der Waals surface area contributed by atoms with Crippen molar-refractivity contribution in [3.05, 3.63) is 91.5 Å². The van der Waals surface area contributed by atoms with Crippen molar-refractivity contribution in [2.45, 2.75) is 13.5 Å². The number of rotatable bonds is 8. The van der Waals surface area contributed by atoms with E-state index in [0.29, 0.717) is 40.9 Å². The fourth-order valence-corrected chi connectivity index (χ4v) is 4.04. The van der Waals surface area contributed by atoms with Gasteiger partial charge in [0.1, 0.15) is 12.2 Å². The second-order valence-electron chi connectivity index (χ2n) is 7.16. The van der Waals surface area contributed by atoms with Crippen LogP contribution < -0.4 is 14.9 Å². The number of ether oxygens (including phenoxy) is 2. The summed E-state index contributed by atoms with van der Waals surface area (Å²) >= 11 is 12.9. The Hall–Kier alpha value is -2.81. The Labute approximate surface area is 218 Å². The monoisotopic (exact) mass is 604 g/mol. The van der Waals surface area contributed by atoms with Crippen LogP contribution in [0.3, 0.4) is 0 Å². The van der Waals surface area contributed by atoms with Gasteiger partial charge in [0.15, 0.2) is 17.3 Å². The van der Waals surface area contributed by atoms with Crippen LogP contribution >= 0.6 is 43.5 Å². The Morgan fingerprint density at radius 2 is 1.82 bits per heavy atom. The molecule has 0 saturated carbocycles. The molecule has 4 aromatic rings. The number of amides is 1. The van der Waals surface area contributed by atoms with Crippen molar-refractivity contribution >= 4 is 66.6 Å². The van der Waals surface area contributed by atoms with Crippen molar-refractivity contribution in [2.75, 3.05) is 6.61 Å². The predicted molar refractivity (Wildman–Crippen MR) is 140 cm³/mol. The van der Waals surface area contributed by atoms with Gasteiger partial charge < -0.3 is 13.9 Å². The zero-order valence-corrected chi connectivity index (χ0v) is 21.9. The molecule has 1 aromatic heterocycles. The van der Waals surface area contributed by atoms with Gasteiger partial charge in [0.2, 0.25) is 0 Å². The van der Waals surface area contributed by atoms with Crippen LogP contribution in [0.15, 0.2) is 79.1 Å². The van der Waals surface area contributed by atoms with Gasteiger partial charge in [0, 0.05) is 24.9 Å².